The Hall–Kier alpha value is -2.62. The van der Waals surface area contributed by atoms with Crippen molar-refractivity contribution in [2.45, 2.75) is 20.4 Å². The Balaban J connectivity index is 2.05. The van der Waals surface area contributed by atoms with Gasteiger partial charge in [-0.25, -0.2) is 4.39 Å². The molecule has 1 amide bonds. The summed E-state index contributed by atoms with van der Waals surface area (Å²) in [6.07, 6.45) is 1.83. The van der Waals surface area contributed by atoms with Crippen LogP contribution in [0.25, 0.3) is 5.76 Å². The number of methoxy groups -OCH3 is 1. The van der Waals surface area contributed by atoms with Crippen LogP contribution in [0.4, 0.5) is 10.1 Å². The minimum Gasteiger partial charge on any atom is -0.496 e. The van der Waals surface area contributed by atoms with E-state index in [0.29, 0.717) is 17.9 Å². The Morgan fingerprint density at radius 1 is 1.21 bits per heavy atom. The van der Waals surface area contributed by atoms with Gasteiger partial charge in [-0.2, -0.15) is 0 Å². The molecule has 0 saturated carbocycles. The first-order chi connectivity index (χ1) is 11.5. The summed E-state index contributed by atoms with van der Waals surface area (Å²) in [5.74, 6) is 0.0778. The SMILES string of the molecule is COC1=CC(C)C(=O)N(Cc2ccc(C)c(F)c2)c2ccccc21. The number of aryl methyl sites for hydroxylation is 1. The van der Waals surface area contributed by atoms with Gasteiger partial charge in [-0.1, -0.05) is 24.3 Å². The van der Waals surface area contributed by atoms with Gasteiger partial charge < -0.3 is 9.64 Å². The predicted molar refractivity (Wildman–Crippen MR) is 92.9 cm³/mol. The second kappa shape index (κ2) is 6.48. The van der Waals surface area contributed by atoms with E-state index >= 15 is 0 Å². The molecule has 0 aromatic heterocycles. The number of hydrogen-bond donors (Lipinski definition) is 0. The molecule has 1 aliphatic heterocycles. The Kier molecular flexibility index (Phi) is 4.38. The van der Waals surface area contributed by atoms with E-state index in [0.717, 1.165) is 16.8 Å². The zero-order valence-corrected chi connectivity index (χ0v) is 14.0. The third-order valence-electron chi connectivity index (χ3n) is 4.31. The van der Waals surface area contributed by atoms with Crippen LogP contribution in [0.15, 0.2) is 48.5 Å². The van der Waals surface area contributed by atoms with E-state index in [4.69, 9.17) is 4.74 Å². The second-order valence-electron chi connectivity index (χ2n) is 6.05. The van der Waals surface area contributed by atoms with Gasteiger partial charge in [-0.15, -0.1) is 0 Å². The molecule has 0 radical (unpaired) electrons. The van der Waals surface area contributed by atoms with Crippen LogP contribution in [-0.4, -0.2) is 13.0 Å². The van der Waals surface area contributed by atoms with E-state index in [9.17, 15) is 9.18 Å². The van der Waals surface area contributed by atoms with Crippen molar-refractivity contribution in [3.05, 3.63) is 71.0 Å². The van der Waals surface area contributed by atoms with Crippen LogP contribution in [-0.2, 0) is 16.1 Å². The number of ether oxygens (including phenoxy) is 1. The van der Waals surface area contributed by atoms with Crippen LogP contribution < -0.4 is 4.90 Å². The monoisotopic (exact) mass is 325 g/mol. The van der Waals surface area contributed by atoms with Crippen molar-refractivity contribution >= 4 is 17.4 Å². The maximum absolute atomic E-state index is 13.9. The van der Waals surface area contributed by atoms with Gasteiger partial charge in [0.1, 0.15) is 11.6 Å². The molecule has 0 aliphatic carbocycles. The molecule has 0 N–H and O–H groups in total. The maximum Gasteiger partial charge on any atom is 0.234 e. The fraction of sp³-hybridized carbons (Fsp3) is 0.250. The van der Waals surface area contributed by atoms with Gasteiger partial charge in [-0.05, 0) is 49.2 Å². The first-order valence-corrected chi connectivity index (χ1v) is 7.93. The summed E-state index contributed by atoms with van der Waals surface area (Å²) < 4.78 is 19.3. The number of anilines is 1. The Morgan fingerprint density at radius 2 is 1.96 bits per heavy atom. The minimum absolute atomic E-state index is 0.0320. The molecule has 124 valence electrons. The Bertz CT molecular complexity index is 813. The van der Waals surface area contributed by atoms with Gasteiger partial charge in [0.25, 0.3) is 0 Å². The van der Waals surface area contributed by atoms with Crippen molar-refractivity contribution in [1.82, 2.24) is 0 Å². The highest BCUT2D eigenvalue weighted by Crippen LogP contribution is 2.34. The highest BCUT2D eigenvalue weighted by Gasteiger charge is 2.28. The average molecular weight is 325 g/mol. The fourth-order valence-corrected chi connectivity index (χ4v) is 2.93. The number of fused-ring (bicyclic) bond motifs is 1. The van der Waals surface area contributed by atoms with Crippen molar-refractivity contribution in [3.8, 4) is 0 Å². The zero-order valence-electron chi connectivity index (χ0n) is 14.0. The lowest BCUT2D eigenvalue weighted by atomic mass is 10.1. The summed E-state index contributed by atoms with van der Waals surface area (Å²) in [5.41, 5.74) is 3.00. The summed E-state index contributed by atoms with van der Waals surface area (Å²) >= 11 is 0. The minimum atomic E-state index is -0.317. The number of rotatable bonds is 3. The summed E-state index contributed by atoms with van der Waals surface area (Å²) in [5, 5.41) is 0. The number of hydrogen-bond acceptors (Lipinski definition) is 2. The zero-order chi connectivity index (χ0) is 17.3. The molecule has 4 heteroatoms. The number of nitrogens with zero attached hydrogens (tertiary/aromatic N) is 1. The molecule has 0 bridgehead atoms. The molecule has 1 aliphatic rings. The molecular formula is C20H20FNO2. The molecule has 24 heavy (non-hydrogen) atoms. The van der Waals surface area contributed by atoms with Gasteiger partial charge in [0.15, 0.2) is 0 Å². The third-order valence-corrected chi connectivity index (χ3v) is 4.31. The number of carbonyl (C=O) groups excluding carboxylic acids is 1. The molecule has 1 unspecified atom stereocenters. The topological polar surface area (TPSA) is 29.5 Å². The van der Waals surface area contributed by atoms with Gasteiger partial charge in [0.2, 0.25) is 5.91 Å². The standard InChI is InChI=1S/C20H20FNO2/c1-13-8-9-15(11-17(13)21)12-22-18-7-5-4-6-16(18)19(24-3)10-14(2)20(22)23/h4-11,14H,12H2,1-3H3. The first-order valence-electron chi connectivity index (χ1n) is 7.93. The second-order valence-corrected chi connectivity index (χ2v) is 6.05. The molecule has 2 aromatic carbocycles. The molecule has 3 nitrogen and oxygen atoms in total. The maximum atomic E-state index is 13.9. The van der Waals surface area contributed by atoms with Crippen molar-refractivity contribution in [1.29, 1.82) is 0 Å². The normalized spacial score (nSPS) is 17.2. The third kappa shape index (κ3) is 2.92. The van der Waals surface area contributed by atoms with Crippen LogP contribution in [0, 0.1) is 18.7 Å². The van der Waals surface area contributed by atoms with Crippen molar-refractivity contribution in [3.63, 3.8) is 0 Å². The Morgan fingerprint density at radius 3 is 2.67 bits per heavy atom. The highest BCUT2D eigenvalue weighted by molar-refractivity contribution is 6.00. The van der Waals surface area contributed by atoms with Crippen molar-refractivity contribution in [2.75, 3.05) is 12.0 Å². The van der Waals surface area contributed by atoms with Crippen LogP contribution in [0.5, 0.6) is 0 Å². The van der Waals surface area contributed by atoms with E-state index in [1.807, 2.05) is 43.3 Å². The van der Waals surface area contributed by atoms with Crippen LogP contribution >= 0.6 is 0 Å². The number of carbonyl (C=O) groups is 1. The van der Waals surface area contributed by atoms with Crippen molar-refractivity contribution in [2.24, 2.45) is 5.92 Å². The predicted octanol–water partition coefficient (Wildman–Crippen LogP) is 4.30. The molecule has 0 spiro atoms. The molecule has 1 heterocycles. The number of amides is 1. The molecular weight excluding hydrogens is 305 g/mol. The lowest BCUT2D eigenvalue weighted by molar-refractivity contribution is -0.120. The number of halogens is 1. The Labute approximate surface area is 141 Å². The van der Waals surface area contributed by atoms with E-state index in [1.54, 1.807) is 25.0 Å². The molecule has 3 rings (SSSR count). The van der Waals surface area contributed by atoms with Crippen LogP contribution in [0.3, 0.4) is 0 Å². The quantitative estimate of drug-likeness (QED) is 0.842. The summed E-state index contributed by atoms with van der Waals surface area (Å²) in [7, 11) is 1.60. The summed E-state index contributed by atoms with van der Waals surface area (Å²) in [6.45, 7) is 3.89. The van der Waals surface area contributed by atoms with Crippen molar-refractivity contribution < 1.29 is 13.9 Å². The first kappa shape index (κ1) is 16.2. The van der Waals surface area contributed by atoms with E-state index in [1.165, 1.54) is 6.07 Å². The smallest absolute Gasteiger partial charge is 0.234 e. The highest BCUT2D eigenvalue weighted by atomic mass is 19.1. The van der Waals surface area contributed by atoms with E-state index in [-0.39, 0.29) is 17.6 Å². The van der Waals surface area contributed by atoms with Gasteiger partial charge in [0, 0.05) is 5.56 Å². The number of para-hydroxylation sites is 1. The molecule has 2 aromatic rings. The van der Waals surface area contributed by atoms with Gasteiger partial charge >= 0.3 is 0 Å². The van der Waals surface area contributed by atoms with Crippen LogP contribution in [0.1, 0.15) is 23.6 Å². The van der Waals surface area contributed by atoms with E-state index in [2.05, 4.69) is 0 Å². The van der Waals surface area contributed by atoms with Gasteiger partial charge in [-0.3, -0.25) is 4.79 Å². The lowest BCUT2D eigenvalue weighted by Gasteiger charge is -2.25. The molecule has 0 saturated heterocycles. The summed E-state index contributed by atoms with van der Waals surface area (Å²) in [4.78, 5) is 14.6. The average Bonchev–Trinajstić information content (AvgIpc) is 2.68. The molecule has 0 fully saturated rings. The van der Waals surface area contributed by atoms with E-state index < -0.39 is 0 Å². The number of benzene rings is 2. The summed E-state index contributed by atoms with van der Waals surface area (Å²) in [6, 6.07) is 12.7. The fourth-order valence-electron chi connectivity index (χ4n) is 2.93. The lowest BCUT2D eigenvalue weighted by Crippen LogP contribution is -2.33. The van der Waals surface area contributed by atoms with Crippen LogP contribution in [0.2, 0.25) is 0 Å². The largest absolute Gasteiger partial charge is 0.496 e. The van der Waals surface area contributed by atoms with Gasteiger partial charge in [0.05, 0.1) is 25.3 Å². The molecule has 1 atom stereocenters.